The smallest absolute Gasteiger partial charge is 0.326 e. The van der Waals surface area contributed by atoms with Gasteiger partial charge in [-0.25, -0.2) is 19.9 Å². The van der Waals surface area contributed by atoms with Gasteiger partial charge in [0.1, 0.15) is 34.4 Å². The fourth-order valence-electron chi connectivity index (χ4n) is 4.65. The standard InChI is InChI=1S/C20H16F5N7O2S/c21-35(22,23,24,25)17-5-16-10(6-29-17)18-15(34-16)2-1-3-31(18)20(33)11-4-13-12(7-28-11)30-19(26)14-8-27-9-32(13)14/h4-9,15,18H,1-3H2,(H2,26,30)/t15-,18-/m0/s1. The van der Waals surface area contributed by atoms with Gasteiger partial charge < -0.3 is 15.4 Å². The van der Waals surface area contributed by atoms with Crippen molar-refractivity contribution in [3.63, 3.8) is 0 Å². The summed E-state index contributed by atoms with van der Waals surface area (Å²) < 4.78 is 73.5. The summed E-state index contributed by atoms with van der Waals surface area (Å²) in [6.45, 7) is 0.270. The van der Waals surface area contributed by atoms with Crippen LogP contribution >= 0.6 is 10.2 Å². The number of imidazole rings is 1. The van der Waals surface area contributed by atoms with E-state index in [1.165, 1.54) is 29.7 Å². The second kappa shape index (κ2) is 6.27. The number of hydrogen-bond donors (Lipinski definition) is 1. The number of carbonyl (C=O) groups is 1. The summed E-state index contributed by atoms with van der Waals surface area (Å²) >= 11 is 0. The lowest BCUT2D eigenvalue weighted by atomic mass is 9.95. The van der Waals surface area contributed by atoms with Crippen LogP contribution in [0.2, 0.25) is 0 Å². The molecule has 2 aliphatic rings. The highest BCUT2D eigenvalue weighted by molar-refractivity contribution is 8.45. The summed E-state index contributed by atoms with van der Waals surface area (Å²) in [5.41, 5.74) is 7.64. The molecule has 6 rings (SSSR count). The molecule has 1 amide bonds. The molecule has 0 unspecified atom stereocenters. The predicted molar refractivity (Wildman–Crippen MR) is 116 cm³/mol. The lowest BCUT2D eigenvalue weighted by molar-refractivity contribution is 0.0360. The minimum absolute atomic E-state index is 0.0600. The number of piperidine rings is 1. The van der Waals surface area contributed by atoms with E-state index in [1.807, 2.05) is 0 Å². The van der Waals surface area contributed by atoms with Gasteiger partial charge >= 0.3 is 10.2 Å². The Kier molecular flexibility index (Phi) is 3.90. The van der Waals surface area contributed by atoms with Crippen molar-refractivity contribution in [3.8, 4) is 5.75 Å². The number of nitrogen functional groups attached to an aromatic ring is 1. The van der Waals surface area contributed by atoms with Gasteiger partial charge in [-0.3, -0.25) is 9.20 Å². The molecule has 9 nitrogen and oxygen atoms in total. The maximum absolute atomic E-state index is 13.5. The molecular weight excluding hydrogens is 497 g/mol. The third-order valence-electron chi connectivity index (χ3n) is 6.18. The minimum Gasteiger partial charge on any atom is -0.487 e. The monoisotopic (exact) mass is 513 g/mol. The molecule has 0 radical (unpaired) electrons. The zero-order valence-electron chi connectivity index (χ0n) is 17.6. The Hall–Kier alpha value is -3.75. The number of nitrogens with zero attached hydrogens (tertiary/aromatic N) is 6. The van der Waals surface area contributed by atoms with E-state index in [0.29, 0.717) is 35.6 Å². The number of nitrogens with two attached hydrogens (primary N) is 1. The molecule has 2 N–H and O–H groups in total. The molecule has 35 heavy (non-hydrogen) atoms. The summed E-state index contributed by atoms with van der Waals surface area (Å²) in [6, 6.07) is 0.952. The van der Waals surface area contributed by atoms with E-state index >= 15 is 0 Å². The van der Waals surface area contributed by atoms with Crippen molar-refractivity contribution in [2.45, 2.75) is 30.0 Å². The first-order valence-electron chi connectivity index (χ1n) is 10.4. The fraction of sp³-hybridized carbons (Fsp3) is 0.250. The summed E-state index contributed by atoms with van der Waals surface area (Å²) in [4.78, 5) is 30.4. The third-order valence-corrected chi connectivity index (χ3v) is 7.19. The van der Waals surface area contributed by atoms with Gasteiger partial charge in [-0.1, -0.05) is 19.4 Å². The van der Waals surface area contributed by atoms with Gasteiger partial charge in [0.15, 0.2) is 5.03 Å². The van der Waals surface area contributed by atoms with Gasteiger partial charge in [0.25, 0.3) is 5.91 Å². The average Bonchev–Trinajstić information content (AvgIpc) is 3.42. The van der Waals surface area contributed by atoms with Crippen molar-refractivity contribution in [3.05, 3.63) is 48.3 Å². The summed E-state index contributed by atoms with van der Waals surface area (Å²) in [6.07, 6.45) is 5.39. The first-order valence-corrected chi connectivity index (χ1v) is 12.3. The SMILES string of the molecule is Nc1nc2cnc(C(=O)N3CCC[C@@H]4Oc5cc(S(F)(F)(F)(F)F)ncc5[C@@H]43)cc2n2cncc12. The van der Waals surface area contributed by atoms with Crippen LogP contribution in [0.5, 0.6) is 5.75 Å². The Morgan fingerprint density at radius 3 is 2.66 bits per heavy atom. The fourth-order valence-corrected chi connectivity index (χ4v) is 5.23. The van der Waals surface area contributed by atoms with Crippen LogP contribution in [-0.4, -0.2) is 47.8 Å². The van der Waals surface area contributed by atoms with Crippen molar-refractivity contribution in [2.24, 2.45) is 0 Å². The number of amides is 1. The zero-order chi connectivity index (χ0) is 24.8. The first-order chi connectivity index (χ1) is 16.3. The van der Waals surface area contributed by atoms with Gasteiger partial charge in [0, 0.05) is 24.4 Å². The van der Waals surface area contributed by atoms with Crippen LogP contribution in [0, 0.1) is 0 Å². The summed E-state index contributed by atoms with van der Waals surface area (Å²) in [5.74, 6) is -0.614. The highest BCUT2D eigenvalue weighted by Crippen LogP contribution is 3.01. The predicted octanol–water partition coefficient (Wildman–Crippen LogP) is 4.65. The molecule has 4 aromatic heterocycles. The number of rotatable bonds is 2. The van der Waals surface area contributed by atoms with Crippen LogP contribution in [0.15, 0.2) is 42.1 Å². The Balaban J connectivity index is 1.40. The number of fused-ring (bicyclic) bond motifs is 6. The Labute approximate surface area is 193 Å². The van der Waals surface area contributed by atoms with E-state index < -0.39 is 33.3 Å². The number of halogens is 5. The van der Waals surface area contributed by atoms with Crippen LogP contribution in [0.4, 0.5) is 25.2 Å². The van der Waals surface area contributed by atoms with Crippen LogP contribution in [0.1, 0.15) is 34.9 Å². The second-order valence-electron chi connectivity index (χ2n) is 8.48. The summed E-state index contributed by atoms with van der Waals surface area (Å²) in [7, 11) is -9.99. The molecule has 2 aliphatic heterocycles. The maximum Gasteiger partial charge on any atom is 0.326 e. The van der Waals surface area contributed by atoms with Crippen molar-refractivity contribution in [2.75, 3.05) is 12.3 Å². The van der Waals surface area contributed by atoms with Crippen molar-refractivity contribution >= 4 is 38.5 Å². The molecule has 0 aliphatic carbocycles. The Bertz CT molecular complexity index is 1560. The average molecular weight is 513 g/mol. The normalized spacial score (nSPS) is 21.8. The lowest BCUT2D eigenvalue weighted by Gasteiger charge is -2.39. The largest absolute Gasteiger partial charge is 0.487 e. The Morgan fingerprint density at radius 2 is 1.89 bits per heavy atom. The number of ether oxygens (including phenoxy) is 1. The molecule has 184 valence electrons. The summed E-state index contributed by atoms with van der Waals surface area (Å²) in [5, 5.41) is -2.27. The Morgan fingerprint density at radius 1 is 1.09 bits per heavy atom. The van der Waals surface area contributed by atoms with Gasteiger partial charge in [0.05, 0.1) is 30.3 Å². The highest BCUT2D eigenvalue weighted by atomic mass is 32.5. The van der Waals surface area contributed by atoms with Crippen LogP contribution in [-0.2, 0) is 0 Å². The number of likely N-dealkylation sites (tertiary alicyclic amines) is 1. The van der Waals surface area contributed by atoms with Gasteiger partial charge in [0.2, 0.25) is 0 Å². The van der Waals surface area contributed by atoms with E-state index in [1.54, 1.807) is 4.40 Å². The van der Waals surface area contributed by atoms with Crippen molar-refractivity contribution in [1.29, 1.82) is 0 Å². The maximum atomic E-state index is 13.5. The molecule has 2 atom stereocenters. The van der Waals surface area contributed by atoms with E-state index in [-0.39, 0.29) is 35.4 Å². The van der Waals surface area contributed by atoms with Gasteiger partial charge in [-0.2, -0.15) is 0 Å². The molecule has 4 aromatic rings. The zero-order valence-corrected chi connectivity index (χ0v) is 18.4. The number of pyridine rings is 2. The highest BCUT2D eigenvalue weighted by Gasteiger charge is 2.67. The van der Waals surface area contributed by atoms with E-state index in [0.717, 1.165) is 0 Å². The molecule has 0 bridgehead atoms. The lowest BCUT2D eigenvalue weighted by Crippen LogP contribution is -2.44. The molecular formula is C20H16F5N7O2S. The van der Waals surface area contributed by atoms with Crippen LogP contribution < -0.4 is 10.5 Å². The third kappa shape index (κ3) is 3.40. The number of hydrogen-bond acceptors (Lipinski definition) is 7. The van der Waals surface area contributed by atoms with E-state index in [4.69, 9.17) is 10.5 Å². The number of anilines is 1. The minimum atomic E-state index is -9.99. The van der Waals surface area contributed by atoms with Gasteiger partial charge in [-0.15, -0.1) is 0 Å². The molecule has 0 spiro atoms. The van der Waals surface area contributed by atoms with Crippen molar-refractivity contribution < 1.29 is 29.0 Å². The van der Waals surface area contributed by atoms with Crippen LogP contribution in [0.25, 0.3) is 16.6 Å². The quantitative estimate of drug-likeness (QED) is 0.389. The second-order valence-corrected chi connectivity index (χ2v) is 10.8. The molecule has 0 aromatic carbocycles. The molecule has 1 fully saturated rings. The number of aromatic nitrogens is 5. The molecule has 6 heterocycles. The van der Waals surface area contributed by atoms with Crippen LogP contribution in [0.3, 0.4) is 0 Å². The van der Waals surface area contributed by atoms with Gasteiger partial charge in [-0.05, 0) is 18.9 Å². The molecule has 1 saturated heterocycles. The van der Waals surface area contributed by atoms with E-state index in [2.05, 4.69) is 19.9 Å². The number of carbonyl (C=O) groups excluding carboxylic acids is 1. The molecule has 0 saturated carbocycles. The van der Waals surface area contributed by atoms with E-state index in [9.17, 15) is 24.2 Å². The topological polar surface area (TPSA) is 112 Å². The van der Waals surface area contributed by atoms with Crippen molar-refractivity contribution in [1.82, 2.24) is 29.2 Å². The first kappa shape index (κ1) is 21.8. The molecule has 15 heteroatoms.